The lowest BCUT2D eigenvalue weighted by molar-refractivity contribution is -0.150. The average molecular weight is 297 g/mol. The summed E-state index contributed by atoms with van der Waals surface area (Å²) in [6.07, 6.45) is 3.29. The Labute approximate surface area is 126 Å². The zero-order chi connectivity index (χ0) is 16.2. The molecular weight excluding hydrogens is 270 g/mol. The second-order valence-electron chi connectivity index (χ2n) is 6.08. The minimum absolute atomic E-state index is 0.245. The van der Waals surface area contributed by atoms with Gasteiger partial charge in [-0.1, -0.05) is 40.5 Å². The summed E-state index contributed by atoms with van der Waals surface area (Å²) in [6, 6.07) is -1.15. The summed E-state index contributed by atoms with van der Waals surface area (Å²) in [5.74, 6) is -1.44. The predicted octanol–water partition coefficient (Wildman–Crippen LogP) is 3.11. The molecule has 1 amide bonds. The second-order valence-corrected chi connectivity index (χ2v) is 6.08. The summed E-state index contributed by atoms with van der Waals surface area (Å²) in [5, 5.41) is 19.5. The van der Waals surface area contributed by atoms with E-state index in [0.717, 1.165) is 12.8 Å². The number of amides is 1. The molecule has 1 heterocycles. The van der Waals surface area contributed by atoms with Crippen LogP contribution in [-0.4, -0.2) is 39.1 Å². The zero-order valence-corrected chi connectivity index (χ0v) is 13.4. The standard InChI is InChI=1S/C16H27NO4/c1-5-7-8-12(16(20)21)17-13(9-10(3)4)11(6-2)14(18)15(17)19/h10,12-13,18H,5-9H2,1-4H3,(H,20,21). The number of aliphatic carboxylic acids is 1. The van der Waals surface area contributed by atoms with E-state index in [1.807, 2.05) is 27.7 Å². The van der Waals surface area contributed by atoms with Crippen molar-refractivity contribution >= 4 is 11.9 Å². The molecule has 0 aromatic carbocycles. The third-order valence-corrected chi connectivity index (χ3v) is 4.01. The number of aliphatic hydroxyl groups is 1. The molecule has 21 heavy (non-hydrogen) atoms. The maximum absolute atomic E-state index is 12.3. The smallest absolute Gasteiger partial charge is 0.326 e. The van der Waals surface area contributed by atoms with E-state index in [0.29, 0.717) is 30.8 Å². The second kappa shape index (κ2) is 7.48. The van der Waals surface area contributed by atoms with Gasteiger partial charge < -0.3 is 15.1 Å². The first-order valence-corrected chi connectivity index (χ1v) is 7.82. The molecule has 1 aliphatic heterocycles. The number of hydrogen-bond acceptors (Lipinski definition) is 3. The SMILES string of the molecule is CCCCC(C(=O)O)N1C(=O)C(O)=C(CC)C1CC(C)C. The molecule has 0 saturated heterocycles. The van der Waals surface area contributed by atoms with E-state index >= 15 is 0 Å². The van der Waals surface area contributed by atoms with Crippen molar-refractivity contribution in [3.63, 3.8) is 0 Å². The van der Waals surface area contributed by atoms with Gasteiger partial charge in [-0.2, -0.15) is 0 Å². The van der Waals surface area contributed by atoms with E-state index in [1.54, 1.807) is 0 Å². The molecule has 0 spiro atoms. The number of unbranched alkanes of at least 4 members (excludes halogenated alkanes) is 1. The van der Waals surface area contributed by atoms with E-state index in [1.165, 1.54) is 4.90 Å². The Morgan fingerprint density at radius 3 is 2.38 bits per heavy atom. The van der Waals surface area contributed by atoms with Crippen molar-refractivity contribution in [2.24, 2.45) is 5.92 Å². The lowest BCUT2D eigenvalue weighted by atomic mass is 9.94. The third kappa shape index (κ3) is 3.77. The number of aliphatic hydroxyl groups excluding tert-OH is 1. The van der Waals surface area contributed by atoms with Crippen LogP contribution < -0.4 is 0 Å². The molecule has 2 unspecified atom stereocenters. The fourth-order valence-corrected chi connectivity index (χ4v) is 2.97. The highest BCUT2D eigenvalue weighted by atomic mass is 16.4. The molecule has 2 N–H and O–H groups in total. The minimum atomic E-state index is -0.990. The number of carbonyl (C=O) groups excluding carboxylic acids is 1. The summed E-state index contributed by atoms with van der Waals surface area (Å²) in [7, 11) is 0. The van der Waals surface area contributed by atoms with Gasteiger partial charge in [0.05, 0.1) is 6.04 Å². The van der Waals surface area contributed by atoms with Crippen LogP contribution in [0.25, 0.3) is 0 Å². The maximum Gasteiger partial charge on any atom is 0.326 e. The highest BCUT2D eigenvalue weighted by Crippen LogP contribution is 2.34. The summed E-state index contributed by atoms with van der Waals surface area (Å²) < 4.78 is 0. The van der Waals surface area contributed by atoms with Crippen molar-refractivity contribution in [2.45, 2.75) is 71.9 Å². The fourth-order valence-electron chi connectivity index (χ4n) is 2.97. The number of carboxylic acid groups (broad SMARTS) is 1. The van der Waals surface area contributed by atoms with Gasteiger partial charge in [0.1, 0.15) is 6.04 Å². The van der Waals surface area contributed by atoms with Crippen LogP contribution in [0.5, 0.6) is 0 Å². The Morgan fingerprint density at radius 1 is 1.33 bits per heavy atom. The summed E-state index contributed by atoms with van der Waals surface area (Å²) in [6.45, 7) is 7.95. The molecule has 5 heteroatoms. The van der Waals surface area contributed by atoms with Gasteiger partial charge in [0.25, 0.3) is 5.91 Å². The van der Waals surface area contributed by atoms with Crippen LogP contribution in [0.2, 0.25) is 0 Å². The number of rotatable bonds is 8. The van der Waals surface area contributed by atoms with Crippen LogP contribution >= 0.6 is 0 Å². The Morgan fingerprint density at radius 2 is 1.95 bits per heavy atom. The van der Waals surface area contributed by atoms with Gasteiger partial charge in [0.15, 0.2) is 5.76 Å². The normalized spacial score (nSPS) is 20.5. The van der Waals surface area contributed by atoms with Crippen LogP contribution in [0.15, 0.2) is 11.3 Å². The van der Waals surface area contributed by atoms with Gasteiger partial charge in [0.2, 0.25) is 0 Å². The molecule has 0 bridgehead atoms. The van der Waals surface area contributed by atoms with Gasteiger partial charge >= 0.3 is 5.97 Å². The van der Waals surface area contributed by atoms with Crippen molar-refractivity contribution in [3.8, 4) is 0 Å². The molecule has 0 aromatic rings. The molecule has 1 aliphatic rings. The molecule has 0 radical (unpaired) electrons. The molecule has 2 atom stereocenters. The van der Waals surface area contributed by atoms with Gasteiger partial charge in [0, 0.05) is 0 Å². The van der Waals surface area contributed by atoms with Crippen LogP contribution in [0.3, 0.4) is 0 Å². The van der Waals surface area contributed by atoms with E-state index in [-0.39, 0.29) is 11.8 Å². The van der Waals surface area contributed by atoms with Crippen LogP contribution in [-0.2, 0) is 9.59 Å². The minimum Gasteiger partial charge on any atom is -0.503 e. The van der Waals surface area contributed by atoms with E-state index in [9.17, 15) is 19.8 Å². The number of hydrogen-bond donors (Lipinski definition) is 2. The highest BCUT2D eigenvalue weighted by molar-refractivity contribution is 5.98. The monoisotopic (exact) mass is 297 g/mol. The first-order valence-electron chi connectivity index (χ1n) is 7.82. The van der Waals surface area contributed by atoms with Crippen molar-refractivity contribution in [1.29, 1.82) is 0 Å². The number of carboxylic acids is 1. The molecule has 0 aromatic heterocycles. The first-order chi connectivity index (χ1) is 9.84. The molecule has 0 fully saturated rings. The Balaban J connectivity index is 3.11. The quantitative estimate of drug-likeness (QED) is 0.721. The van der Waals surface area contributed by atoms with Gasteiger partial charge in [-0.25, -0.2) is 4.79 Å². The lowest BCUT2D eigenvalue weighted by Crippen LogP contribution is -2.48. The van der Waals surface area contributed by atoms with Crippen LogP contribution in [0.1, 0.15) is 59.8 Å². The fraction of sp³-hybridized carbons (Fsp3) is 0.750. The van der Waals surface area contributed by atoms with E-state index < -0.39 is 17.9 Å². The number of nitrogens with zero attached hydrogens (tertiary/aromatic N) is 1. The topological polar surface area (TPSA) is 77.8 Å². The molecule has 120 valence electrons. The molecule has 5 nitrogen and oxygen atoms in total. The molecule has 0 saturated carbocycles. The van der Waals surface area contributed by atoms with Crippen LogP contribution in [0, 0.1) is 5.92 Å². The number of carbonyl (C=O) groups is 2. The van der Waals surface area contributed by atoms with Crippen molar-refractivity contribution in [1.82, 2.24) is 4.90 Å². The van der Waals surface area contributed by atoms with Crippen molar-refractivity contribution < 1.29 is 19.8 Å². The van der Waals surface area contributed by atoms with E-state index in [2.05, 4.69) is 0 Å². The Bertz CT molecular complexity index is 428. The van der Waals surface area contributed by atoms with Gasteiger partial charge in [-0.05, 0) is 30.8 Å². The van der Waals surface area contributed by atoms with Crippen molar-refractivity contribution in [2.75, 3.05) is 0 Å². The molecular formula is C16H27NO4. The lowest BCUT2D eigenvalue weighted by Gasteiger charge is -2.32. The zero-order valence-electron chi connectivity index (χ0n) is 13.4. The summed E-state index contributed by atoms with van der Waals surface area (Å²) in [4.78, 5) is 25.3. The average Bonchev–Trinajstić information content (AvgIpc) is 2.62. The Hall–Kier alpha value is -1.52. The van der Waals surface area contributed by atoms with Crippen molar-refractivity contribution in [3.05, 3.63) is 11.3 Å². The maximum atomic E-state index is 12.3. The highest BCUT2D eigenvalue weighted by Gasteiger charge is 2.44. The summed E-state index contributed by atoms with van der Waals surface area (Å²) >= 11 is 0. The largest absolute Gasteiger partial charge is 0.503 e. The Kier molecular flexibility index (Phi) is 6.24. The van der Waals surface area contributed by atoms with Gasteiger partial charge in [-0.15, -0.1) is 0 Å². The van der Waals surface area contributed by atoms with Crippen LogP contribution in [0.4, 0.5) is 0 Å². The summed E-state index contributed by atoms with van der Waals surface area (Å²) in [5.41, 5.74) is 0.677. The molecule has 0 aliphatic carbocycles. The third-order valence-electron chi connectivity index (χ3n) is 4.01. The van der Waals surface area contributed by atoms with E-state index in [4.69, 9.17) is 0 Å². The van der Waals surface area contributed by atoms with Gasteiger partial charge in [-0.3, -0.25) is 4.79 Å². The first kappa shape index (κ1) is 17.5. The molecule has 1 rings (SSSR count). The predicted molar refractivity (Wildman–Crippen MR) is 81.0 cm³/mol.